The summed E-state index contributed by atoms with van der Waals surface area (Å²) in [4.78, 5) is 11.4. The van der Waals surface area contributed by atoms with Crippen LogP contribution in [0.15, 0.2) is 18.2 Å². The van der Waals surface area contributed by atoms with E-state index in [1.165, 1.54) is 0 Å². The molecule has 0 bridgehead atoms. The lowest BCUT2D eigenvalue weighted by molar-refractivity contribution is 0.0529. The molecule has 0 saturated carbocycles. The fourth-order valence-corrected chi connectivity index (χ4v) is 1.48. The van der Waals surface area contributed by atoms with Crippen molar-refractivity contribution in [3.05, 3.63) is 23.8 Å². The van der Waals surface area contributed by atoms with Crippen LogP contribution in [0, 0.1) is 11.8 Å². The van der Waals surface area contributed by atoms with Crippen LogP contribution in [0.3, 0.4) is 0 Å². The smallest absolute Gasteiger partial charge is 0.407 e. The summed E-state index contributed by atoms with van der Waals surface area (Å²) in [7, 11) is 1.59. The summed E-state index contributed by atoms with van der Waals surface area (Å²) in [5.41, 5.74) is 6.68. The zero-order valence-electron chi connectivity index (χ0n) is 12.9. The van der Waals surface area contributed by atoms with E-state index in [0.29, 0.717) is 24.4 Å². The summed E-state index contributed by atoms with van der Waals surface area (Å²) in [5, 5.41) is 2.64. The molecular formula is C16H22N2O3. The maximum atomic E-state index is 11.4. The largest absolute Gasteiger partial charge is 0.497 e. The van der Waals surface area contributed by atoms with Crippen LogP contribution in [0.5, 0.6) is 5.75 Å². The third kappa shape index (κ3) is 6.57. The van der Waals surface area contributed by atoms with Crippen LogP contribution in [0.2, 0.25) is 0 Å². The summed E-state index contributed by atoms with van der Waals surface area (Å²) in [6.07, 6.45) is 0.0818. The van der Waals surface area contributed by atoms with Crippen LogP contribution in [-0.2, 0) is 4.74 Å². The van der Waals surface area contributed by atoms with E-state index in [0.717, 1.165) is 5.56 Å². The summed E-state index contributed by atoms with van der Waals surface area (Å²) in [6, 6.07) is 5.34. The third-order valence-electron chi connectivity index (χ3n) is 2.40. The minimum absolute atomic E-state index is 0.429. The Morgan fingerprint density at radius 1 is 1.38 bits per heavy atom. The van der Waals surface area contributed by atoms with Crippen molar-refractivity contribution in [2.45, 2.75) is 32.8 Å². The fraction of sp³-hybridized carbons (Fsp3) is 0.438. The van der Waals surface area contributed by atoms with Crippen molar-refractivity contribution in [2.24, 2.45) is 0 Å². The molecule has 0 aliphatic rings. The SMILES string of the molecule is COc1ccc(C#CCCNC(=O)OC(C)(C)C)c(N)c1. The van der Waals surface area contributed by atoms with E-state index in [-0.39, 0.29) is 0 Å². The van der Waals surface area contributed by atoms with Crippen LogP contribution >= 0.6 is 0 Å². The van der Waals surface area contributed by atoms with Gasteiger partial charge in [0.15, 0.2) is 0 Å². The van der Waals surface area contributed by atoms with Crippen molar-refractivity contribution in [1.82, 2.24) is 5.32 Å². The molecule has 1 aromatic carbocycles. The maximum absolute atomic E-state index is 11.4. The summed E-state index contributed by atoms with van der Waals surface area (Å²) in [6.45, 7) is 5.88. The van der Waals surface area contributed by atoms with Gasteiger partial charge in [0.2, 0.25) is 0 Å². The van der Waals surface area contributed by atoms with Gasteiger partial charge < -0.3 is 20.5 Å². The Labute approximate surface area is 125 Å². The van der Waals surface area contributed by atoms with Gasteiger partial charge in [0.1, 0.15) is 11.4 Å². The zero-order valence-corrected chi connectivity index (χ0v) is 12.9. The molecule has 21 heavy (non-hydrogen) atoms. The highest BCUT2D eigenvalue weighted by atomic mass is 16.6. The Balaban J connectivity index is 2.42. The molecule has 0 saturated heterocycles. The molecule has 1 aromatic rings. The van der Waals surface area contributed by atoms with Crippen molar-refractivity contribution in [1.29, 1.82) is 0 Å². The molecule has 3 N–H and O–H groups in total. The molecule has 0 radical (unpaired) electrons. The molecule has 0 unspecified atom stereocenters. The third-order valence-corrected chi connectivity index (χ3v) is 2.40. The molecule has 5 nitrogen and oxygen atoms in total. The van der Waals surface area contributed by atoms with E-state index in [9.17, 15) is 4.79 Å². The van der Waals surface area contributed by atoms with Crippen molar-refractivity contribution >= 4 is 11.8 Å². The number of methoxy groups -OCH3 is 1. The van der Waals surface area contributed by atoms with Crippen LogP contribution in [-0.4, -0.2) is 25.3 Å². The number of amides is 1. The molecule has 5 heteroatoms. The van der Waals surface area contributed by atoms with Gasteiger partial charge in [-0.2, -0.15) is 0 Å². The van der Waals surface area contributed by atoms with E-state index < -0.39 is 11.7 Å². The van der Waals surface area contributed by atoms with E-state index in [1.807, 2.05) is 26.8 Å². The highest BCUT2D eigenvalue weighted by Crippen LogP contribution is 2.18. The minimum Gasteiger partial charge on any atom is -0.497 e. The second-order valence-corrected chi connectivity index (χ2v) is 5.43. The molecule has 114 valence electrons. The number of carbonyl (C=O) groups is 1. The highest BCUT2D eigenvalue weighted by Gasteiger charge is 2.15. The van der Waals surface area contributed by atoms with Crippen molar-refractivity contribution in [3.63, 3.8) is 0 Å². The molecule has 0 spiro atoms. The Morgan fingerprint density at radius 2 is 2.10 bits per heavy atom. The summed E-state index contributed by atoms with van der Waals surface area (Å²) < 4.78 is 10.2. The van der Waals surface area contributed by atoms with Gasteiger partial charge in [0.25, 0.3) is 0 Å². The monoisotopic (exact) mass is 290 g/mol. The number of carbonyl (C=O) groups excluding carboxylic acids is 1. The Morgan fingerprint density at radius 3 is 2.67 bits per heavy atom. The predicted molar refractivity (Wildman–Crippen MR) is 83.1 cm³/mol. The first-order chi connectivity index (χ1) is 9.81. The predicted octanol–water partition coefficient (Wildman–Crippen LogP) is 2.54. The van der Waals surface area contributed by atoms with Crippen molar-refractivity contribution in [2.75, 3.05) is 19.4 Å². The summed E-state index contributed by atoms with van der Waals surface area (Å²) >= 11 is 0. The topological polar surface area (TPSA) is 73.6 Å². The first-order valence-corrected chi connectivity index (χ1v) is 6.71. The number of ether oxygens (including phenoxy) is 2. The average molecular weight is 290 g/mol. The average Bonchev–Trinajstić information content (AvgIpc) is 2.37. The Hall–Kier alpha value is -2.35. The molecule has 0 fully saturated rings. The lowest BCUT2D eigenvalue weighted by Gasteiger charge is -2.19. The molecule has 0 aliphatic heterocycles. The maximum Gasteiger partial charge on any atom is 0.407 e. The second-order valence-electron chi connectivity index (χ2n) is 5.43. The van der Waals surface area contributed by atoms with Crippen LogP contribution in [0.25, 0.3) is 0 Å². The number of hydrogen-bond donors (Lipinski definition) is 2. The van der Waals surface area contributed by atoms with Gasteiger partial charge in [-0.05, 0) is 32.9 Å². The van der Waals surface area contributed by atoms with Gasteiger partial charge in [-0.1, -0.05) is 11.8 Å². The molecule has 0 aromatic heterocycles. The van der Waals surface area contributed by atoms with Crippen LogP contribution < -0.4 is 15.8 Å². The number of hydrogen-bond acceptors (Lipinski definition) is 4. The minimum atomic E-state index is -0.493. The number of anilines is 1. The first kappa shape index (κ1) is 16.7. The van der Waals surface area contributed by atoms with E-state index in [1.54, 1.807) is 19.2 Å². The fourth-order valence-electron chi connectivity index (χ4n) is 1.48. The van der Waals surface area contributed by atoms with Gasteiger partial charge in [0.05, 0.1) is 12.8 Å². The van der Waals surface area contributed by atoms with E-state index >= 15 is 0 Å². The highest BCUT2D eigenvalue weighted by molar-refractivity contribution is 5.67. The zero-order chi connectivity index (χ0) is 15.9. The standard InChI is InChI=1S/C16H22N2O3/c1-16(2,3)21-15(19)18-10-6-5-7-12-8-9-13(20-4)11-14(12)17/h8-9,11H,6,10,17H2,1-4H3,(H,18,19). The molecule has 1 amide bonds. The number of rotatable bonds is 3. The Kier molecular flexibility index (Phi) is 5.92. The number of nitrogens with two attached hydrogens (primary N) is 1. The second kappa shape index (κ2) is 7.44. The lowest BCUT2D eigenvalue weighted by atomic mass is 10.1. The number of nitrogens with one attached hydrogen (secondary N) is 1. The van der Waals surface area contributed by atoms with E-state index in [4.69, 9.17) is 15.2 Å². The van der Waals surface area contributed by atoms with Gasteiger partial charge in [-0.3, -0.25) is 0 Å². The van der Waals surface area contributed by atoms with Crippen molar-refractivity contribution in [3.8, 4) is 17.6 Å². The van der Waals surface area contributed by atoms with Crippen LogP contribution in [0.1, 0.15) is 32.8 Å². The van der Waals surface area contributed by atoms with E-state index in [2.05, 4.69) is 17.2 Å². The molecule has 0 aliphatic carbocycles. The molecule has 0 atom stereocenters. The lowest BCUT2D eigenvalue weighted by Crippen LogP contribution is -2.32. The normalized spacial score (nSPS) is 10.3. The quantitative estimate of drug-likeness (QED) is 0.510. The molecular weight excluding hydrogens is 268 g/mol. The van der Waals surface area contributed by atoms with Crippen molar-refractivity contribution < 1.29 is 14.3 Å². The first-order valence-electron chi connectivity index (χ1n) is 6.71. The summed E-state index contributed by atoms with van der Waals surface area (Å²) in [5.74, 6) is 6.62. The Bertz CT molecular complexity index is 551. The molecule has 0 heterocycles. The number of nitrogen functional groups attached to an aromatic ring is 1. The van der Waals surface area contributed by atoms with Gasteiger partial charge in [-0.25, -0.2) is 4.79 Å². The molecule has 1 rings (SSSR count). The van der Waals surface area contributed by atoms with Gasteiger partial charge in [0, 0.05) is 24.6 Å². The van der Waals surface area contributed by atoms with Gasteiger partial charge >= 0.3 is 6.09 Å². The number of benzene rings is 1. The van der Waals surface area contributed by atoms with Gasteiger partial charge in [-0.15, -0.1) is 0 Å². The number of alkyl carbamates (subject to hydrolysis) is 1. The van der Waals surface area contributed by atoms with Crippen LogP contribution in [0.4, 0.5) is 10.5 Å².